The van der Waals surface area contributed by atoms with Gasteiger partial charge in [-0.25, -0.2) is 19.3 Å². The standard InChI is InChI=1S/C25H34N2O7/c1-23(2,3)33-21(30)26-19(28)25(27(20(26)29)22(31)34-24(4,5)6)13-11-16(12-14-25)17-9-8-10-18(15-17)32-7/h8-10,15-16H,11-14H2,1-7H3/t16-,25+. The van der Waals surface area contributed by atoms with Crippen LogP contribution in [0.25, 0.3) is 0 Å². The van der Waals surface area contributed by atoms with E-state index in [1.807, 2.05) is 24.3 Å². The van der Waals surface area contributed by atoms with Crippen molar-refractivity contribution >= 4 is 24.1 Å². The minimum atomic E-state index is -1.49. The lowest BCUT2D eigenvalue weighted by molar-refractivity contribution is -0.134. The van der Waals surface area contributed by atoms with Crippen LogP contribution in [0, 0.1) is 0 Å². The fraction of sp³-hybridized carbons (Fsp3) is 0.600. The maximum Gasteiger partial charge on any atom is 0.425 e. The molecule has 34 heavy (non-hydrogen) atoms. The van der Waals surface area contributed by atoms with E-state index in [1.54, 1.807) is 48.7 Å². The average Bonchev–Trinajstić information content (AvgIpc) is 2.92. The Labute approximate surface area is 200 Å². The van der Waals surface area contributed by atoms with Gasteiger partial charge in [-0.3, -0.25) is 4.79 Å². The lowest BCUT2D eigenvalue weighted by atomic mass is 9.73. The first-order chi connectivity index (χ1) is 15.7. The van der Waals surface area contributed by atoms with Crippen LogP contribution in [0.5, 0.6) is 5.75 Å². The lowest BCUT2D eigenvalue weighted by Gasteiger charge is -2.40. The zero-order valence-electron chi connectivity index (χ0n) is 21.0. The molecule has 1 saturated heterocycles. The number of nitrogens with zero attached hydrogens (tertiary/aromatic N) is 2. The molecule has 1 aromatic carbocycles. The van der Waals surface area contributed by atoms with Crippen molar-refractivity contribution in [2.75, 3.05) is 7.11 Å². The molecule has 186 valence electrons. The van der Waals surface area contributed by atoms with Gasteiger partial charge in [0.1, 0.15) is 22.5 Å². The van der Waals surface area contributed by atoms with E-state index >= 15 is 0 Å². The third kappa shape index (κ3) is 5.03. The summed E-state index contributed by atoms with van der Waals surface area (Å²) in [7, 11) is 1.60. The third-order valence-electron chi connectivity index (χ3n) is 5.94. The highest BCUT2D eigenvalue weighted by molar-refractivity contribution is 6.20. The minimum Gasteiger partial charge on any atom is -0.497 e. The first kappa shape index (κ1) is 25.5. The number of amides is 5. The van der Waals surface area contributed by atoms with Gasteiger partial charge in [0.05, 0.1) is 7.11 Å². The smallest absolute Gasteiger partial charge is 0.425 e. The predicted octanol–water partition coefficient (Wildman–Crippen LogP) is 5.23. The van der Waals surface area contributed by atoms with Gasteiger partial charge >= 0.3 is 18.2 Å². The Kier molecular flexibility index (Phi) is 6.70. The van der Waals surface area contributed by atoms with Crippen molar-refractivity contribution < 1.29 is 33.4 Å². The van der Waals surface area contributed by atoms with Crippen LogP contribution in [0.15, 0.2) is 24.3 Å². The molecule has 1 spiro atoms. The van der Waals surface area contributed by atoms with Crippen LogP contribution in [-0.4, -0.2) is 57.8 Å². The second-order valence-corrected chi connectivity index (χ2v) is 10.8. The van der Waals surface area contributed by atoms with Crippen molar-refractivity contribution in [3.63, 3.8) is 0 Å². The second kappa shape index (κ2) is 8.92. The summed E-state index contributed by atoms with van der Waals surface area (Å²) < 4.78 is 16.1. The first-order valence-electron chi connectivity index (χ1n) is 11.5. The molecule has 0 N–H and O–H groups in total. The molecular formula is C25H34N2O7. The van der Waals surface area contributed by atoms with Crippen molar-refractivity contribution in [3.05, 3.63) is 29.8 Å². The predicted molar refractivity (Wildman–Crippen MR) is 123 cm³/mol. The van der Waals surface area contributed by atoms with Gasteiger partial charge in [0.2, 0.25) is 0 Å². The molecule has 9 nitrogen and oxygen atoms in total. The number of carbonyl (C=O) groups excluding carboxylic acids is 4. The molecule has 1 heterocycles. The third-order valence-corrected chi connectivity index (χ3v) is 5.94. The number of imide groups is 4. The number of ether oxygens (including phenoxy) is 3. The van der Waals surface area contributed by atoms with Crippen LogP contribution in [-0.2, 0) is 14.3 Å². The maximum atomic E-state index is 13.6. The van der Waals surface area contributed by atoms with Crippen LogP contribution in [0.2, 0.25) is 0 Å². The van der Waals surface area contributed by atoms with Crippen LogP contribution in [0.4, 0.5) is 14.4 Å². The van der Waals surface area contributed by atoms with Gasteiger partial charge in [-0.1, -0.05) is 12.1 Å². The fourth-order valence-electron chi connectivity index (χ4n) is 4.46. The summed E-state index contributed by atoms with van der Waals surface area (Å²) in [6.07, 6.45) is -0.559. The fourth-order valence-corrected chi connectivity index (χ4v) is 4.46. The van der Waals surface area contributed by atoms with E-state index < -0.39 is 40.9 Å². The van der Waals surface area contributed by atoms with E-state index in [4.69, 9.17) is 14.2 Å². The normalized spacial score (nSPS) is 23.3. The van der Waals surface area contributed by atoms with E-state index in [1.165, 1.54) is 0 Å². The Morgan fingerprint density at radius 3 is 2.03 bits per heavy atom. The summed E-state index contributed by atoms with van der Waals surface area (Å²) in [5.41, 5.74) is -2.25. The molecule has 0 unspecified atom stereocenters. The lowest BCUT2D eigenvalue weighted by Crippen LogP contribution is -2.55. The number of methoxy groups -OCH3 is 1. The van der Waals surface area contributed by atoms with E-state index in [2.05, 4.69) is 0 Å². The average molecular weight is 475 g/mol. The van der Waals surface area contributed by atoms with Crippen molar-refractivity contribution in [2.24, 2.45) is 0 Å². The molecule has 0 bridgehead atoms. The number of benzene rings is 1. The SMILES string of the molecule is COc1cccc([C@H]2CC[C@@]3(CC2)C(=O)N(C(=O)OC(C)(C)C)C(=O)N3C(=O)OC(C)(C)C)c1. The zero-order valence-corrected chi connectivity index (χ0v) is 21.0. The number of carbonyl (C=O) groups is 4. The molecule has 0 aromatic heterocycles. The van der Waals surface area contributed by atoms with Gasteiger partial charge < -0.3 is 14.2 Å². The Hall–Kier alpha value is -3.10. The van der Waals surface area contributed by atoms with Crippen molar-refractivity contribution in [2.45, 2.75) is 89.9 Å². The molecule has 1 aliphatic heterocycles. The molecule has 0 radical (unpaired) electrons. The largest absolute Gasteiger partial charge is 0.497 e. The molecule has 0 atom stereocenters. The maximum absolute atomic E-state index is 13.6. The second-order valence-electron chi connectivity index (χ2n) is 10.8. The Balaban J connectivity index is 1.93. The highest BCUT2D eigenvalue weighted by Crippen LogP contribution is 2.46. The Morgan fingerprint density at radius 1 is 0.941 bits per heavy atom. The van der Waals surface area contributed by atoms with Gasteiger partial charge in [0.15, 0.2) is 0 Å². The van der Waals surface area contributed by atoms with Gasteiger partial charge in [-0.05, 0) is 90.8 Å². The number of hydrogen-bond acceptors (Lipinski definition) is 7. The van der Waals surface area contributed by atoms with E-state index in [-0.39, 0.29) is 18.8 Å². The summed E-state index contributed by atoms with van der Waals surface area (Å²) >= 11 is 0. The molecule has 3 rings (SSSR count). The van der Waals surface area contributed by atoms with Gasteiger partial charge in [-0.15, -0.1) is 0 Å². The van der Waals surface area contributed by atoms with Gasteiger partial charge in [0.25, 0.3) is 5.91 Å². The first-order valence-corrected chi connectivity index (χ1v) is 11.5. The highest BCUT2D eigenvalue weighted by atomic mass is 16.6. The van der Waals surface area contributed by atoms with Crippen molar-refractivity contribution in [1.29, 1.82) is 0 Å². The molecule has 2 fully saturated rings. The summed E-state index contributed by atoms with van der Waals surface area (Å²) in [4.78, 5) is 54.0. The quantitative estimate of drug-likeness (QED) is 0.541. The molecule has 2 aliphatic rings. The van der Waals surface area contributed by atoms with Crippen LogP contribution >= 0.6 is 0 Å². The van der Waals surface area contributed by atoms with Crippen LogP contribution in [0.3, 0.4) is 0 Å². The molecule has 1 saturated carbocycles. The summed E-state index contributed by atoms with van der Waals surface area (Å²) in [5.74, 6) is 0.0952. The van der Waals surface area contributed by atoms with E-state index in [9.17, 15) is 19.2 Å². The zero-order chi connectivity index (χ0) is 25.5. The van der Waals surface area contributed by atoms with E-state index in [0.717, 1.165) is 16.2 Å². The monoisotopic (exact) mass is 474 g/mol. The van der Waals surface area contributed by atoms with Crippen LogP contribution < -0.4 is 4.74 Å². The summed E-state index contributed by atoms with van der Waals surface area (Å²) in [6, 6.07) is 6.66. The molecule has 5 amide bonds. The number of hydrogen-bond donors (Lipinski definition) is 0. The van der Waals surface area contributed by atoms with Gasteiger partial charge in [-0.2, -0.15) is 4.90 Å². The topological polar surface area (TPSA) is 102 Å². The Bertz CT molecular complexity index is 982. The number of rotatable bonds is 2. The molecule has 1 aromatic rings. The highest BCUT2D eigenvalue weighted by Gasteiger charge is 2.64. The summed E-state index contributed by atoms with van der Waals surface area (Å²) in [6.45, 7) is 9.92. The summed E-state index contributed by atoms with van der Waals surface area (Å²) in [5, 5.41) is 0. The molecule has 9 heteroatoms. The van der Waals surface area contributed by atoms with Gasteiger partial charge in [0, 0.05) is 0 Å². The van der Waals surface area contributed by atoms with Crippen molar-refractivity contribution in [3.8, 4) is 5.75 Å². The van der Waals surface area contributed by atoms with E-state index in [0.29, 0.717) is 17.7 Å². The molecule has 1 aliphatic carbocycles. The Morgan fingerprint density at radius 2 is 1.50 bits per heavy atom. The molecular weight excluding hydrogens is 440 g/mol. The van der Waals surface area contributed by atoms with Crippen LogP contribution in [0.1, 0.15) is 78.7 Å². The minimum absolute atomic E-state index is 0.111. The number of urea groups is 1. The van der Waals surface area contributed by atoms with Crippen molar-refractivity contribution in [1.82, 2.24) is 9.80 Å².